The minimum absolute atomic E-state index is 0.0621. The Balaban J connectivity index is 1.74. The summed E-state index contributed by atoms with van der Waals surface area (Å²) < 4.78 is 104. The summed E-state index contributed by atoms with van der Waals surface area (Å²) in [5, 5.41) is 0. The van der Waals surface area contributed by atoms with Crippen molar-refractivity contribution in [3.63, 3.8) is 0 Å². The minimum Gasteiger partial charge on any atom is -0.462 e. The predicted molar refractivity (Wildman–Crippen MR) is 141 cm³/mol. The molecule has 2 aliphatic rings. The lowest BCUT2D eigenvalue weighted by Crippen LogP contribution is -2.30. The molecule has 44 heavy (non-hydrogen) atoms. The highest BCUT2D eigenvalue weighted by Crippen LogP contribution is 2.49. The molecule has 2 saturated carbocycles. The Morgan fingerprint density at radius 2 is 0.955 bits per heavy atom. The van der Waals surface area contributed by atoms with Gasteiger partial charge in [-0.05, 0) is 75.3 Å². The average molecular weight is 635 g/mol. The third-order valence-corrected chi connectivity index (χ3v) is 7.73. The fourth-order valence-electron chi connectivity index (χ4n) is 5.33. The number of hydrogen-bond donors (Lipinski definition) is 0. The Hall–Kier alpha value is -3.84. The summed E-state index contributed by atoms with van der Waals surface area (Å²) in [4.78, 5) is 47.9. The Morgan fingerprint density at radius 3 is 1.23 bits per heavy atom. The highest BCUT2D eigenvalue weighted by molar-refractivity contribution is 5.81. The third kappa shape index (κ3) is 9.33. The monoisotopic (exact) mass is 634 g/mol. The molecule has 1 aromatic carbocycles. The second-order valence-electron chi connectivity index (χ2n) is 10.8. The number of ether oxygens (including phenoxy) is 4. The van der Waals surface area contributed by atoms with Gasteiger partial charge in [0.25, 0.3) is 0 Å². The van der Waals surface area contributed by atoms with Crippen LogP contribution < -0.4 is 9.47 Å². The van der Waals surface area contributed by atoms with Gasteiger partial charge in [0.15, 0.2) is 0 Å². The second kappa shape index (κ2) is 14.8. The summed E-state index contributed by atoms with van der Waals surface area (Å²) in [6, 6.07) is 1.06. The van der Waals surface area contributed by atoms with E-state index in [0.717, 1.165) is 12.2 Å². The van der Waals surface area contributed by atoms with E-state index in [-0.39, 0.29) is 50.7 Å². The lowest BCUT2D eigenvalue weighted by molar-refractivity contribution is -0.166. The number of halogens is 6. The molecule has 0 unspecified atom stereocenters. The molecule has 0 N–H and O–H groups in total. The van der Waals surface area contributed by atoms with Gasteiger partial charge in [0.1, 0.15) is 22.6 Å². The Labute approximate surface area is 249 Å². The van der Waals surface area contributed by atoms with Gasteiger partial charge in [-0.2, -0.15) is 26.3 Å². The zero-order valence-electron chi connectivity index (χ0n) is 23.6. The number of alkyl halides is 6. The van der Waals surface area contributed by atoms with E-state index in [4.69, 9.17) is 18.9 Å². The number of carbonyl (C=O) groups is 4. The van der Waals surface area contributed by atoms with Gasteiger partial charge in [-0.15, -0.1) is 0 Å². The highest BCUT2D eigenvalue weighted by Gasteiger charge is 2.49. The van der Waals surface area contributed by atoms with Crippen molar-refractivity contribution in [1.82, 2.24) is 0 Å². The van der Waals surface area contributed by atoms with E-state index in [9.17, 15) is 45.5 Å². The largest absolute Gasteiger partial charge is 0.462 e. The maximum absolute atomic E-state index is 14.1. The van der Waals surface area contributed by atoms with E-state index >= 15 is 0 Å². The van der Waals surface area contributed by atoms with Crippen molar-refractivity contribution in [1.29, 1.82) is 0 Å². The summed E-state index contributed by atoms with van der Waals surface area (Å²) in [6.07, 6.45) is -7.12. The van der Waals surface area contributed by atoms with Gasteiger partial charge in [-0.25, -0.2) is 9.59 Å². The molecule has 14 heteroatoms. The zero-order chi connectivity index (χ0) is 32.7. The second-order valence-corrected chi connectivity index (χ2v) is 10.8. The van der Waals surface area contributed by atoms with E-state index in [0.29, 0.717) is 37.8 Å². The first-order chi connectivity index (χ1) is 20.6. The third-order valence-electron chi connectivity index (χ3n) is 7.73. The summed E-state index contributed by atoms with van der Waals surface area (Å²) in [5.74, 6) is -8.22. The van der Waals surface area contributed by atoms with Crippen LogP contribution in [0.2, 0.25) is 0 Å². The first-order valence-corrected chi connectivity index (χ1v) is 14.0. The van der Waals surface area contributed by atoms with Crippen molar-refractivity contribution in [3.8, 4) is 11.5 Å². The topological polar surface area (TPSA) is 105 Å². The fourth-order valence-corrected chi connectivity index (χ4v) is 5.33. The van der Waals surface area contributed by atoms with Crippen molar-refractivity contribution >= 4 is 23.9 Å². The van der Waals surface area contributed by atoms with Crippen LogP contribution in [0.25, 0.3) is 0 Å². The van der Waals surface area contributed by atoms with Gasteiger partial charge in [0.05, 0.1) is 25.0 Å². The number of rotatable bonds is 10. The molecule has 8 nitrogen and oxygen atoms in total. The lowest BCUT2D eigenvalue weighted by atomic mass is 9.82. The standard InChI is InChI=1S/C30H32F6O8/c1-3-23(37)41-15-17-5-9-19(10-6-17)27(39)43-21-13-14-22(26(30(34,35)36)25(21)29(31,32)33)44-28(40)20-11-7-18(8-12-20)16-42-24(38)4-2/h3-4,13-14,17-20H,1-2,5-12,15-16H2. The molecule has 0 aromatic heterocycles. The van der Waals surface area contributed by atoms with E-state index in [2.05, 4.69) is 13.2 Å². The Morgan fingerprint density at radius 1 is 0.636 bits per heavy atom. The number of benzene rings is 1. The molecule has 0 bridgehead atoms. The van der Waals surface area contributed by atoms with Gasteiger partial charge in [-0.3, -0.25) is 9.59 Å². The molecule has 0 spiro atoms. The van der Waals surface area contributed by atoms with Gasteiger partial charge < -0.3 is 18.9 Å². The molecule has 0 aliphatic heterocycles. The first kappa shape index (κ1) is 34.6. The zero-order valence-corrected chi connectivity index (χ0v) is 23.6. The van der Waals surface area contributed by atoms with Crippen LogP contribution in [0.3, 0.4) is 0 Å². The molecule has 242 valence electrons. The predicted octanol–water partition coefficient (Wildman–Crippen LogP) is 6.61. The molecule has 1 aromatic rings. The van der Waals surface area contributed by atoms with E-state index in [1.165, 1.54) is 0 Å². The van der Waals surface area contributed by atoms with Crippen LogP contribution in [0.5, 0.6) is 11.5 Å². The van der Waals surface area contributed by atoms with Gasteiger partial charge in [-0.1, -0.05) is 13.2 Å². The van der Waals surface area contributed by atoms with Crippen LogP contribution in [0.1, 0.15) is 62.5 Å². The average Bonchev–Trinajstić information content (AvgIpc) is 2.98. The normalized spacial score (nSPS) is 22.3. The van der Waals surface area contributed by atoms with Crippen LogP contribution in [-0.4, -0.2) is 37.1 Å². The lowest BCUT2D eigenvalue weighted by Gasteiger charge is -2.28. The quantitative estimate of drug-likeness (QED) is 0.123. The van der Waals surface area contributed by atoms with Crippen molar-refractivity contribution in [3.05, 3.63) is 48.6 Å². The number of hydrogen-bond acceptors (Lipinski definition) is 8. The van der Waals surface area contributed by atoms with Crippen LogP contribution in [-0.2, 0) is 41.0 Å². The molecule has 0 saturated heterocycles. The maximum Gasteiger partial charge on any atom is 0.420 e. The minimum atomic E-state index is -5.63. The molecular weight excluding hydrogens is 602 g/mol. The van der Waals surface area contributed by atoms with Crippen LogP contribution >= 0.6 is 0 Å². The molecule has 3 rings (SSSR count). The van der Waals surface area contributed by atoms with Gasteiger partial charge >= 0.3 is 36.2 Å². The van der Waals surface area contributed by atoms with Crippen LogP contribution in [0.15, 0.2) is 37.4 Å². The summed E-state index contributed by atoms with van der Waals surface area (Å²) >= 11 is 0. The maximum atomic E-state index is 14.1. The molecule has 0 heterocycles. The molecule has 2 fully saturated rings. The molecular formula is C30H32F6O8. The SMILES string of the molecule is C=CC(=O)OCC1CCC(C(=O)Oc2ccc(OC(=O)C3CCC(COC(=O)C=C)CC3)c(C(F)(F)F)c2C(F)(F)F)CC1. The summed E-state index contributed by atoms with van der Waals surface area (Å²) in [7, 11) is 0. The first-order valence-electron chi connectivity index (χ1n) is 14.0. The van der Waals surface area contributed by atoms with Crippen LogP contribution in [0.4, 0.5) is 26.3 Å². The smallest absolute Gasteiger partial charge is 0.420 e. The van der Waals surface area contributed by atoms with E-state index in [1.54, 1.807) is 0 Å². The molecule has 0 amide bonds. The summed E-state index contributed by atoms with van der Waals surface area (Å²) in [6.45, 7) is 6.67. The molecule has 0 radical (unpaired) electrons. The van der Waals surface area contributed by atoms with E-state index < -0.39 is 70.7 Å². The van der Waals surface area contributed by atoms with Crippen molar-refractivity contribution < 1.29 is 64.5 Å². The van der Waals surface area contributed by atoms with Crippen molar-refractivity contribution in [2.75, 3.05) is 13.2 Å². The van der Waals surface area contributed by atoms with Gasteiger partial charge in [0, 0.05) is 12.2 Å². The highest BCUT2D eigenvalue weighted by atomic mass is 19.4. The Bertz CT molecular complexity index is 1140. The number of esters is 4. The van der Waals surface area contributed by atoms with E-state index in [1.807, 2.05) is 0 Å². The van der Waals surface area contributed by atoms with Crippen LogP contribution in [0, 0.1) is 23.7 Å². The van der Waals surface area contributed by atoms with Crippen molar-refractivity contribution in [2.24, 2.45) is 23.7 Å². The fraction of sp³-hybridized carbons (Fsp3) is 0.533. The number of carbonyl (C=O) groups excluding carboxylic acids is 4. The molecule has 2 aliphatic carbocycles. The Kier molecular flexibility index (Phi) is 11.6. The molecule has 0 atom stereocenters. The van der Waals surface area contributed by atoms with Gasteiger partial charge in [0.2, 0.25) is 0 Å². The summed E-state index contributed by atoms with van der Waals surface area (Å²) in [5.41, 5.74) is -4.55. The van der Waals surface area contributed by atoms with Crippen molar-refractivity contribution in [2.45, 2.75) is 63.7 Å².